The normalized spacial score (nSPS) is 10.9. The van der Waals surface area contributed by atoms with Crippen LogP contribution in [0.2, 0.25) is 0 Å². The SMILES string of the molecule is Cc1cc(I)ccc1Nc1c(C(=O)O)cc2ocnc2c1F. The van der Waals surface area contributed by atoms with Crippen molar-refractivity contribution in [3.63, 3.8) is 0 Å². The number of anilines is 2. The van der Waals surface area contributed by atoms with E-state index in [1.165, 1.54) is 6.07 Å². The molecule has 2 aromatic carbocycles. The number of carboxylic acid groups (broad SMARTS) is 1. The van der Waals surface area contributed by atoms with Crippen LogP contribution < -0.4 is 5.32 Å². The molecule has 0 unspecified atom stereocenters. The molecule has 0 saturated heterocycles. The van der Waals surface area contributed by atoms with Gasteiger partial charge in [0.1, 0.15) is 5.52 Å². The summed E-state index contributed by atoms with van der Waals surface area (Å²) in [5.74, 6) is -2.00. The molecule has 5 nitrogen and oxygen atoms in total. The standard InChI is InChI=1S/C15H10FIN2O3/c1-7-4-8(17)2-3-10(7)19-13-9(15(20)21)5-11-14(12(13)16)18-6-22-11/h2-6,19H,1H3,(H,20,21). The van der Waals surface area contributed by atoms with Crippen LogP contribution in [0.15, 0.2) is 35.1 Å². The first kappa shape index (κ1) is 14.8. The number of nitrogens with one attached hydrogen (secondary N) is 1. The van der Waals surface area contributed by atoms with Crippen LogP contribution in [-0.2, 0) is 0 Å². The molecular weight excluding hydrogens is 402 g/mol. The van der Waals surface area contributed by atoms with Gasteiger partial charge in [0.15, 0.2) is 17.8 Å². The third-order valence-electron chi connectivity index (χ3n) is 3.25. The summed E-state index contributed by atoms with van der Waals surface area (Å²) >= 11 is 2.17. The summed E-state index contributed by atoms with van der Waals surface area (Å²) in [6.07, 6.45) is 1.08. The van der Waals surface area contributed by atoms with E-state index < -0.39 is 11.8 Å². The Bertz CT molecular complexity index is 892. The van der Waals surface area contributed by atoms with Crippen molar-refractivity contribution in [2.75, 3.05) is 5.32 Å². The Morgan fingerprint density at radius 3 is 2.86 bits per heavy atom. The average molecular weight is 412 g/mol. The molecule has 0 saturated carbocycles. The topological polar surface area (TPSA) is 75.4 Å². The maximum atomic E-state index is 14.6. The van der Waals surface area contributed by atoms with E-state index in [4.69, 9.17) is 4.42 Å². The van der Waals surface area contributed by atoms with Gasteiger partial charge >= 0.3 is 5.97 Å². The average Bonchev–Trinajstić information content (AvgIpc) is 2.92. The van der Waals surface area contributed by atoms with E-state index in [1.54, 1.807) is 6.07 Å². The van der Waals surface area contributed by atoms with Crippen LogP contribution in [0.1, 0.15) is 15.9 Å². The van der Waals surface area contributed by atoms with Gasteiger partial charge in [0.2, 0.25) is 0 Å². The monoisotopic (exact) mass is 412 g/mol. The Morgan fingerprint density at radius 2 is 2.18 bits per heavy atom. The fraction of sp³-hybridized carbons (Fsp3) is 0.0667. The van der Waals surface area contributed by atoms with Crippen molar-refractivity contribution in [2.45, 2.75) is 6.92 Å². The Labute approximate surface area is 138 Å². The third-order valence-corrected chi connectivity index (χ3v) is 3.92. The second-order valence-electron chi connectivity index (χ2n) is 4.70. The Balaban J connectivity index is 2.18. The number of hydrogen-bond donors (Lipinski definition) is 2. The van der Waals surface area contributed by atoms with E-state index in [-0.39, 0.29) is 22.4 Å². The zero-order chi connectivity index (χ0) is 15.9. The van der Waals surface area contributed by atoms with Crippen molar-refractivity contribution >= 4 is 51.0 Å². The van der Waals surface area contributed by atoms with Crippen molar-refractivity contribution in [3.05, 3.63) is 51.2 Å². The molecule has 0 fully saturated rings. The lowest BCUT2D eigenvalue weighted by Crippen LogP contribution is -2.06. The van der Waals surface area contributed by atoms with Gasteiger partial charge in [0.25, 0.3) is 0 Å². The highest BCUT2D eigenvalue weighted by Crippen LogP contribution is 2.32. The van der Waals surface area contributed by atoms with Gasteiger partial charge in [-0.15, -0.1) is 0 Å². The molecular formula is C15H10FIN2O3. The molecule has 0 spiro atoms. The smallest absolute Gasteiger partial charge is 0.338 e. The second-order valence-corrected chi connectivity index (χ2v) is 5.95. The highest BCUT2D eigenvalue weighted by molar-refractivity contribution is 14.1. The zero-order valence-corrected chi connectivity index (χ0v) is 13.5. The van der Waals surface area contributed by atoms with Crippen LogP contribution in [0.5, 0.6) is 0 Å². The number of oxazole rings is 1. The summed E-state index contributed by atoms with van der Waals surface area (Å²) < 4.78 is 20.6. The molecule has 3 rings (SSSR count). The van der Waals surface area contributed by atoms with Gasteiger partial charge in [-0.3, -0.25) is 0 Å². The van der Waals surface area contributed by atoms with Crippen LogP contribution in [0, 0.1) is 16.3 Å². The van der Waals surface area contributed by atoms with E-state index in [0.29, 0.717) is 5.69 Å². The molecule has 0 aliphatic carbocycles. The molecule has 2 N–H and O–H groups in total. The summed E-state index contributed by atoms with van der Waals surface area (Å²) in [5.41, 5.74) is 1.26. The summed E-state index contributed by atoms with van der Waals surface area (Å²) in [6.45, 7) is 1.86. The number of hydrogen-bond acceptors (Lipinski definition) is 4. The Hall–Kier alpha value is -2.16. The van der Waals surface area contributed by atoms with Gasteiger partial charge in [-0.05, 0) is 59.3 Å². The molecule has 7 heteroatoms. The van der Waals surface area contributed by atoms with Gasteiger partial charge < -0.3 is 14.8 Å². The highest BCUT2D eigenvalue weighted by atomic mass is 127. The molecule has 0 bridgehead atoms. The number of aryl methyl sites for hydroxylation is 1. The fourth-order valence-corrected chi connectivity index (χ4v) is 2.80. The molecule has 0 atom stereocenters. The van der Waals surface area contributed by atoms with Gasteiger partial charge in [-0.1, -0.05) is 0 Å². The van der Waals surface area contributed by atoms with Gasteiger partial charge in [-0.25, -0.2) is 14.2 Å². The van der Waals surface area contributed by atoms with E-state index in [1.807, 2.05) is 19.1 Å². The second kappa shape index (κ2) is 5.56. The quantitative estimate of drug-likeness (QED) is 0.627. The number of aromatic nitrogens is 1. The molecule has 22 heavy (non-hydrogen) atoms. The van der Waals surface area contributed by atoms with Gasteiger partial charge in [0.05, 0.1) is 11.3 Å². The maximum absolute atomic E-state index is 14.6. The number of benzene rings is 2. The van der Waals surface area contributed by atoms with Crippen molar-refractivity contribution in [3.8, 4) is 0 Å². The van der Waals surface area contributed by atoms with E-state index in [2.05, 4.69) is 32.9 Å². The van der Waals surface area contributed by atoms with Crippen LogP contribution in [-0.4, -0.2) is 16.1 Å². The first-order valence-electron chi connectivity index (χ1n) is 6.29. The molecule has 112 valence electrons. The molecule has 0 amide bonds. The number of carbonyl (C=O) groups is 1. The van der Waals surface area contributed by atoms with Gasteiger partial charge in [0, 0.05) is 9.26 Å². The molecule has 1 heterocycles. The number of halogens is 2. The predicted octanol–water partition coefficient (Wildman–Crippen LogP) is 4.32. The number of rotatable bonds is 3. The molecule has 3 aromatic rings. The minimum Gasteiger partial charge on any atom is -0.478 e. The van der Waals surface area contributed by atoms with Crippen LogP contribution in [0.3, 0.4) is 0 Å². The Morgan fingerprint density at radius 1 is 1.41 bits per heavy atom. The van der Waals surface area contributed by atoms with Crippen molar-refractivity contribution < 1.29 is 18.7 Å². The van der Waals surface area contributed by atoms with Crippen LogP contribution >= 0.6 is 22.6 Å². The molecule has 1 aromatic heterocycles. The minimum atomic E-state index is -1.25. The number of carboxylic acids is 1. The number of fused-ring (bicyclic) bond motifs is 1. The van der Waals surface area contributed by atoms with Crippen molar-refractivity contribution in [1.82, 2.24) is 4.98 Å². The van der Waals surface area contributed by atoms with Crippen molar-refractivity contribution in [2.24, 2.45) is 0 Å². The first-order valence-corrected chi connectivity index (χ1v) is 7.37. The molecule has 0 aliphatic heterocycles. The van der Waals surface area contributed by atoms with Crippen molar-refractivity contribution in [1.29, 1.82) is 0 Å². The van der Waals surface area contributed by atoms with E-state index >= 15 is 0 Å². The number of nitrogens with zero attached hydrogens (tertiary/aromatic N) is 1. The third kappa shape index (κ3) is 2.52. The summed E-state index contributed by atoms with van der Waals surface area (Å²) in [5, 5.41) is 12.2. The van der Waals surface area contributed by atoms with E-state index in [0.717, 1.165) is 15.5 Å². The first-order chi connectivity index (χ1) is 10.5. The zero-order valence-electron chi connectivity index (χ0n) is 11.4. The minimum absolute atomic E-state index is 0.00401. The van der Waals surface area contributed by atoms with Crippen LogP contribution in [0.4, 0.5) is 15.8 Å². The lowest BCUT2D eigenvalue weighted by atomic mass is 10.1. The lowest BCUT2D eigenvalue weighted by Gasteiger charge is -2.13. The summed E-state index contributed by atoms with van der Waals surface area (Å²) in [7, 11) is 0. The lowest BCUT2D eigenvalue weighted by molar-refractivity contribution is 0.0697. The molecule has 0 aliphatic rings. The predicted molar refractivity (Wildman–Crippen MR) is 88.1 cm³/mol. The van der Waals surface area contributed by atoms with Crippen LogP contribution in [0.25, 0.3) is 11.1 Å². The maximum Gasteiger partial charge on any atom is 0.338 e. The largest absolute Gasteiger partial charge is 0.478 e. The Kier molecular flexibility index (Phi) is 3.73. The fourth-order valence-electron chi connectivity index (χ4n) is 2.16. The van der Waals surface area contributed by atoms with E-state index in [9.17, 15) is 14.3 Å². The highest BCUT2D eigenvalue weighted by Gasteiger charge is 2.21. The number of aromatic carboxylic acids is 1. The summed E-state index contributed by atoms with van der Waals surface area (Å²) in [4.78, 5) is 15.2. The molecule has 0 radical (unpaired) electrons. The summed E-state index contributed by atoms with van der Waals surface area (Å²) in [6, 6.07) is 6.80. The van der Waals surface area contributed by atoms with Gasteiger partial charge in [-0.2, -0.15) is 0 Å².